The van der Waals surface area contributed by atoms with Crippen molar-refractivity contribution in [2.75, 3.05) is 12.0 Å². The molecular formula is C96H86N8O13. The molecule has 3 N–H and O–H groups in total. The lowest BCUT2D eigenvalue weighted by molar-refractivity contribution is -0.146. The standard InChI is InChI=1S/C25H22N2O4.2C24H20N2O3.C23H24N2O3/c1-31-20-14-12-17(13-15-20)16-21-23(28)26-25(30)27(24(21)29)22(18-8-4-2-5-9-18)19-10-6-3-7-11-19;27-22-21(20(18-12-6-2-7-13-18)19-14-8-3-9-15-19)23(28)26(24(29)25-22)16-17-10-4-1-5-11-17;27-22-20(16-17-10-4-1-5-11-17)23(28)26(24(29)25-22)21(18-12-6-2-7-13-18)19-14-8-3-9-15-19;26-21-20(18-12-6-2-7-13-18)22(27)25(19-14-8-3-9-15-19)23(28)24(21)16-17-10-4-1-5-11-17/h2-15,21-22H,16H2,1H3,(H,26,28,30);2*1-15,20-21H,16H2,(H,25,27,29);1,3-5,8-11,14-15,18,20H,2,6-7,12-13,16H2. The molecule has 4 atom stereocenters. The number of hydrogen-bond donors (Lipinski definition) is 3. The number of barbiturate groups is 4. The molecule has 11 aromatic carbocycles. The van der Waals surface area contributed by atoms with Crippen LogP contribution in [0.15, 0.2) is 328 Å². The largest absolute Gasteiger partial charge is 0.497 e. The van der Waals surface area contributed by atoms with Gasteiger partial charge in [-0.25, -0.2) is 24.1 Å². The topological polar surface area (TPSA) is 266 Å². The van der Waals surface area contributed by atoms with Crippen molar-refractivity contribution in [2.45, 2.75) is 76.0 Å². The van der Waals surface area contributed by atoms with Gasteiger partial charge in [-0.1, -0.05) is 323 Å². The molecule has 21 heteroatoms. The fraction of sp³-hybridized carbons (Fsp3) is 0.188. The monoisotopic (exact) mass is 1560 g/mol. The van der Waals surface area contributed by atoms with E-state index in [1.807, 2.05) is 291 Å². The molecule has 1 saturated carbocycles. The average molecular weight is 1560 g/mol. The van der Waals surface area contributed by atoms with Crippen molar-refractivity contribution >= 4 is 77.1 Å². The van der Waals surface area contributed by atoms with Gasteiger partial charge in [0.1, 0.15) is 29.4 Å². The molecule has 588 valence electrons. The van der Waals surface area contributed by atoms with Crippen LogP contribution in [0.2, 0.25) is 0 Å². The maximum absolute atomic E-state index is 13.5. The zero-order valence-electron chi connectivity index (χ0n) is 64.2. The lowest BCUT2D eigenvalue weighted by atomic mass is 9.78. The van der Waals surface area contributed by atoms with Crippen molar-refractivity contribution in [3.63, 3.8) is 0 Å². The number of para-hydroxylation sites is 1. The van der Waals surface area contributed by atoms with Gasteiger partial charge in [-0.15, -0.1) is 0 Å². The Morgan fingerprint density at radius 2 is 0.658 bits per heavy atom. The predicted octanol–water partition coefficient (Wildman–Crippen LogP) is 15.5. The summed E-state index contributed by atoms with van der Waals surface area (Å²) in [6.45, 7) is 0.296. The summed E-state index contributed by atoms with van der Waals surface area (Å²) in [7, 11) is 1.57. The number of amides is 16. The van der Waals surface area contributed by atoms with Crippen molar-refractivity contribution < 1.29 is 62.3 Å². The van der Waals surface area contributed by atoms with Gasteiger partial charge in [0.25, 0.3) is 0 Å². The summed E-state index contributed by atoms with van der Waals surface area (Å²) >= 11 is 0. The second kappa shape index (κ2) is 38.5. The van der Waals surface area contributed by atoms with Gasteiger partial charge in [0.05, 0.1) is 38.0 Å². The smallest absolute Gasteiger partial charge is 0.338 e. The fourth-order valence-corrected chi connectivity index (χ4v) is 15.5. The number of carbonyl (C=O) groups is 12. The first-order valence-corrected chi connectivity index (χ1v) is 38.9. The normalized spacial score (nSPS) is 17.8. The molecule has 5 aliphatic rings. The molecule has 0 radical (unpaired) electrons. The molecule has 4 unspecified atom stereocenters. The molecule has 117 heavy (non-hydrogen) atoms. The highest BCUT2D eigenvalue weighted by Gasteiger charge is 2.51. The summed E-state index contributed by atoms with van der Waals surface area (Å²) in [5.41, 5.74) is 8.75. The van der Waals surface area contributed by atoms with Crippen molar-refractivity contribution in [3.05, 3.63) is 383 Å². The number of rotatable bonds is 20. The molecular weight excluding hydrogens is 1470 g/mol. The Morgan fingerprint density at radius 1 is 0.325 bits per heavy atom. The van der Waals surface area contributed by atoms with Crippen molar-refractivity contribution in [2.24, 2.45) is 29.6 Å². The third kappa shape index (κ3) is 19.1. The van der Waals surface area contributed by atoms with Crippen molar-refractivity contribution in [3.8, 4) is 5.75 Å². The average Bonchev–Trinajstić information content (AvgIpc) is 0.758. The summed E-state index contributed by atoms with van der Waals surface area (Å²) in [6, 6.07) is 96.5. The number of benzene rings is 11. The molecule has 1 aliphatic carbocycles. The highest BCUT2D eigenvalue weighted by Crippen LogP contribution is 2.40. The Balaban J connectivity index is 0.000000136. The molecule has 16 amide bonds. The fourth-order valence-electron chi connectivity index (χ4n) is 15.5. The van der Waals surface area contributed by atoms with Gasteiger partial charge in [0.15, 0.2) is 0 Å². The van der Waals surface area contributed by atoms with E-state index in [1.54, 1.807) is 43.5 Å². The van der Waals surface area contributed by atoms with E-state index in [2.05, 4.69) is 16.0 Å². The van der Waals surface area contributed by atoms with Crippen LogP contribution in [0.1, 0.15) is 106 Å². The minimum Gasteiger partial charge on any atom is -0.497 e. The van der Waals surface area contributed by atoms with Crippen LogP contribution < -0.4 is 25.6 Å². The Kier molecular flexibility index (Phi) is 26.5. The molecule has 4 heterocycles. The zero-order chi connectivity index (χ0) is 81.7. The Morgan fingerprint density at radius 3 is 1.04 bits per heavy atom. The lowest BCUT2D eigenvalue weighted by Gasteiger charge is -2.40. The van der Waals surface area contributed by atoms with E-state index in [0.717, 1.165) is 92.6 Å². The maximum Gasteiger partial charge on any atom is 0.338 e. The van der Waals surface area contributed by atoms with Crippen LogP contribution in [0.5, 0.6) is 5.75 Å². The summed E-state index contributed by atoms with van der Waals surface area (Å²) in [5.74, 6) is -7.47. The second-order valence-corrected chi connectivity index (χ2v) is 28.9. The number of nitrogens with one attached hydrogen (secondary N) is 3. The first-order valence-electron chi connectivity index (χ1n) is 38.9. The highest BCUT2D eigenvalue weighted by atomic mass is 16.5. The van der Waals surface area contributed by atoms with Crippen LogP contribution in [0.4, 0.5) is 24.9 Å². The SMILES string of the molecule is COc1ccc(CC2C(=O)NC(=O)N(C(c3ccccc3)c3ccccc3)C2=O)cc1.O=C1C(C2CCCCC2)C(=O)N(c2ccccc2)C(=O)N1Cc1ccccc1.O=C1NC(=O)N(C(c2ccccc2)c2ccccc2)C(=O)C1Cc1ccccc1.O=C1NC(=O)N(Cc2ccccc2)C(=O)C1C(c1ccccc1)c1ccccc1. The number of carbonyl (C=O) groups excluding carboxylic acids is 12. The quantitative estimate of drug-likeness (QED) is 0.0600. The van der Waals surface area contributed by atoms with Gasteiger partial charge in [-0.2, -0.15) is 0 Å². The van der Waals surface area contributed by atoms with E-state index < -0.39 is 101 Å². The number of ether oxygens (including phenoxy) is 1. The number of nitrogens with zero attached hydrogens (tertiary/aromatic N) is 5. The van der Waals surface area contributed by atoms with Crippen LogP contribution in [0.25, 0.3) is 0 Å². The van der Waals surface area contributed by atoms with Crippen LogP contribution in [-0.2, 0) is 64.3 Å². The van der Waals surface area contributed by atoms with Gasteiger partial charge in [-0.05, 0) is 112 Å². The molecule has 16 rings (SSSR count). The molecule has 4 aliphatic heterocycles. The van der Waals surface area contributed by atoms with Crippen molar-refractivity contribution in [1.29, 1.82) is 0 Å². The maximum atomic E-state index is 13.5. The van der Waals surface area contributed by atoms with E-state index in [9.17, 15) is 57.5 Å². The number of urea groups is 4. The number of hydrogen-bond acceptors (Lipinski definition) is 13. The van der Waals surface area contributed by atoms with Crippen LogP contribution in [0, 0.1) is 29.6 Å². The van der Waals surface area contributed by atoms with E-state index in [0.29, 0.717) is 11.4 Å². The molecule has 0 aromatic heterocycles. The molecule has 4 saturated heterocycles. The molecule has 0 bridgehead atoms. The summed E-state index contributed by atoms with van der Waals surface area (Å²) in [4.78, 5) is 162. The number of anilines is 1. The van der Waals surface area contributed by atoms with E-state index in [1.165, 1.54) is 19.6 Å². The molecule has 21 nitrogen and oxygen atoms in total. The molecule has 11 aromatic rings. The van der Waals surface area contributed by atoms with Crippen LogP contribution in [-0.4, -0.2) is 98.1 Å². The minimum atomic E-state index is -1.03. The van der Waals surface area contributed by atoms with E-state index in [-0.39, 0.29) is 43.7 Å². The Hall–Kier alpha value is -14.3. The summed E-state index contributed by atoms with van der Waals surface area (Å²) in [6.07, 6.45) is 5.34. The first-order chi connectivity index (χ1) is 57.0. The summed E-state index contributed by atoms with van der Waals surface area (Å²) < 4.78 is 5.16. The molecule has 0 spiro atoms. The van der Waals surface area contributed by atoms with E-state index in [4.69, 9.17) is 4.74 Å². The Labute approximate surface area is 677 Å². The van der Waals surface area contributed by atoms with Crippen LogP contribution in [0.3, 0.4) is 0 Å². The highest BCUT2D eigenvalue weighted by molar-refractivity contribution is 6.28. The number of methoxy groups -OCH3 is 1. The van der Waals surface area contributed by atoms with Gasteiger partial charge >= 0.3 is 24.1 Å². The van der Waals surface area contributed by atoms with E-state index >= 15 is 0 Å². The van der Waals surface area contributed by atoms with Crippen molar-refractivity contribution in [1.82, 2.24) is 35.6 Å². The first kappa shape index (κ1) is 80.7. The third-order valence-corrected chi connectivity index (χ3v) is 21.3. The van der Waals surface area contributed by atoms with Crippen LogP contribution >= 0.6 is 0 Å². The second-order valence-electron chi connectivity index (χ2n) is 28.9. The minimum absolute atomic E-state index is 0.00587. The van der Waals surface area contributed by atoms with Gasteiger partial charge in [0.2, 0.25) is 47.3 Å². The number of imide groups is 8. The lowest BCUT2D eigenvalue weighted by Crippen LogP contribution is -2.61. The third-order valence-electron chi connectivity index (χ3n) is 21.3. The van der Waals surface area contributed by atoms with Gasteiger partial charge in [-0.3, -0.25) is 73.9 Å². The zero-order valence-corrected chi connectivity index (χ0v) is 64.2. The Bertz CT molecular complexity index is 5020. The molecule has 5 fully saturated rings. The predicted molar refractivity (Wildman–Crippen MR) is 439 cm³/mol. The van der Waals surface area contributed by atoms with Gasteiger partial charge < -0.3 is 4.74 Å². The van der Waals surface area contributed by atoms with Gasteiger partial charge in [0, 0.05) is 5.92 Å². The summed E-state index contributed by atoms with van der Waals surface area (Å²) in [5, 5.41) is 7.13.